The molecule has 1 spiro atoms. The molecule has 0 unspecified atom stereocenters. The maximum Gasteiger partial charge on any atom is 0.345 e. The quantitative estimate of drug-likeness (QED) is 0.907. The summed E-state index contributed by atoms with van der Waals surface area (Å²) in [5.74, 6) is -1.01. The lowest BCUT2D eigenvalue weighted by molar-refractivity contribution is 0.0191. The molecule has 1 amide bonds. The van der Waals surface area contributed by atoms with Gasteiger partial charge in [0.15, 0.2) is 0 Å². The molecule has 1 N–H and O–H groups in total. The maximum atomic E-state index is 12.4. The largest absolute Gasteiger partial charge is 0.477 e. The van der Waals surface area contributed by atoms with Crippen LogP contribution >= 0.6 is 11.3 Å². The van der Waals surface area contributed by atoms with Crippen LogP contribution < -0.4 is 0 Å². The Hall–Kier alpha value is -1.40. The summed E-state index contributed by atoms with van der Waals surface area (Å²) in [7, 11) is 0. The Morgan fingerprint density at radius 3 is 2.55 bits per heavy atom. The molecule has 3 rings (SSSR count). The van der Waals surface area contributed by atoms with Gasteiger partial charge in [-0.25, -0.2) is 4.79 Å². The fraction of sp³-hybridized carbons (Fsp3) is 0.571. The fourth-order valence-corrected chi connectivity index (χ4v) is 3.86. The van der Waals surface area contributed by atoms with Crippen LogP contribution in [0.4, 0.5) is 0 Å². The number of carbonyl (C=O) groups excluding carboxylic acids is 1. The standard InChI is InChI=1S/C14H17NO4S/c16-12(10-1-2-11(20-10)13(17)18)15-6-3-14(9-15)4-7-19-8-5-14/h1-2H,3-9H2,(H,17,18). The number of hydrogen-bond donors (Lipinski definition) is 1. The SMILES string of the molecule is O=C(O)c1ccc(C(=O)N2CCC3(CCOCC3)C2)s1. The van der Waals surface area contributed by atoms with E-state index < -0.39 is 5.97 Å². The van der Waals surface area contributed by atoms with Crippen LogP contribution in [0, 0.1) is 5.41 Å². The highest BCUT2D eigenvalue weighted by Crippen LogP contribution is 2.40. The molecule has 3 heterocycles. The molecule has 1 aromatic heterocycles. The molecular formula is C14H17NO4S. The lowest BCUT2D eigenvalue weighted by Gasteiger charge is -2.33. The molecule has 108 valence electrons. The van der Waals surface area contributed by atoms with E-state index >= 15 is 0 Å². The molecule has 0 radical (unpaired) electrons. The minimum absolute atomic E-state index is 0.0362. The van der Waals surface area contributed by atoms with Crippen molar-refractivity contribution in [2.75, 3.05) is 26.3 Å². The van der Waals surface area contributed by atoms with Crippen molar-refractivity contribution in [3.05, 3.63) is 21.9 Å². The zero-order valence-corrected chi connectivity index (χ0v) is 11.9. The van der Waals surface area contributed by atoms with Gasteiger partial charge in [0.05, 0.1) is 4.88 Å². The Morgan fingerprint density at radius 1 is 1.20 bits per heavy atom. The van der Waals surface area contributed by atoms with Crippen molar-refractivity contribution in [2.45, 2.75) is 19.3 Å². The van der Waals surface area contributed by atoms with Crippen molar-refractivity contribution >= 4 is 23.2 Å². The number of nitrogens with zero attached hydrogens (tertiary/aromatic N) is 1. The molecule has 2 saturated heterocycles. The van der Waals surface area contributed by atoms with Gasteiger partial charge in [0, 0.05) is 26.3 Å². The molecule has 20 heavy (non-hydrogen) atoms. The highest BCUT2D eigenvalue weighted by molar-refractivity contribution is 7.15. The van der Waals surface area contributed by atoms with E-state index in [4.69, 9.17) is 9.84 Å². The van der Waals surface area contributed by atoms with Gasteiger partial charge in [-0.2, -0.15) is 0 Å². The molecule has 2 fully saturated rings. The number of carbonyl (C=O) groups is 2. The average Bonchev–Trinajstić information content (AvgIpc) is 3.07. The summed E-state index contributed by atoms with van der Waals surface area (Å²) in [4.78, 5) is 25.9. The number of aromatic carboxylic acids is 1. The number of thiophene rings is 1. The molecule has 2 aliphatic rings. The number of rotatable bonds is 2. The monoisotopic (exact) mass is 295 g/mol. The van der Waals surface area contributed by atoms with E-state index in [1.807, 2.05) is 4.90 Å². The third-order valence-corrected chi connectivity index (χ3v) is 5.37. The first-order valence-electron chi connectivity index (χ1n) is 6.80. The van der Waals surface area contributed by atoms with Gasteiger partial charge in [0.2, 0.25) is 0 Å². The molecular weight excluding hydrogens is 278 g/mol. The van der Waals surface area contributed by atoms with Gasteiger partial charge in [-0.15, -0.1) is 11.3 Å². The van der Waals surface area contributed by atoms with Crippen molar-refractivity contribution < 1.29 is 19.4 Å². The lowest BCUT2D eigenvalue weighted by atomic mass is 9.80. The fourth-order valence-electron chi connectivity index (χ4n) is 3.04. The van der Waals surface area contributed by atoms with Crippen molar-refractivity contribution in [1.29, 1.82) is 0 Å². The predicted molar refractivity (Wildman–Crippen MR) is 74.3 cm³/mol. The number of carboxylic acids is 1. The summed E-state index contributed by atoms with van der Waals surface area (Å²) in [6, 6.07) is 3.12. The summed E-state index contributed by atoms with van der Waals surface area (Å²) in [6.45, 7) is 3.10. The second-order valence-electron chi connectivity index (χ2n) is 5.56. The van der Waals surface area contributed by atoms with E-state index in [0.29, 0.717) is 4.88 Å². The van der Waals surface area contributed by atoms with E-state index in [1.165, 1.54) is 6.07 Å². The Morgan fingerprint density at radius 2 is 1.90 bits per heavy atom. The zero-order chi connectivity index (χ0) is 14.2. The Labute approximate surface area is 121 Å². The molecule has 1 aromatic rings. The normalized spacial score (nSPS) is 21.3. The van der Waals surface area contributed by atoms with E-state index in [-0.39, 0.29) is 16.2 Å². The van der Waals surface area contributed by atoms with E-state index in [9.17, 15) is 9.59 Å². The molecule has 6 heteroatoms. The van der Waals surface area contributed by atoms with Crippen molar-refractivity contribution in [1.82, 2.24) is 4.90 Å². The van der Waals surface area contributed by atoms with Crippen molar-refractivity contribution in [3.8, 4) is 0 Å². The third-order valence-electron chi connectivity index (χ3n) is 4.31. The highest BCUT2D eigenvalue weighted by Gasteiger charge is 2.41. The topological polar surface area (TPSA) is 66.8 Å². The van der Waals surface area contributed by atoms with Gasteiger partial charge in [-0.3, -0.25) is 4.79 Å². The molecule has 0 aliphatic carbocycles. The van der Waals surface area contributed by atoms with Crippen LogP contribution in [0.3, 0.4) is 0 Å². The van der Waals surface area contributed by atoms with Gasteiger partial charge in [0.1, 0.15) is 4.88 Å². The summed E-state index contributed by atoms with van der Waals surface area (Å²) >= 11 is 1.06. The van der Waals surface area contributed by atoms with Crippen LogP contribution in [0.5, 0.6) is 0 Å². The number of hydrogen-bond acceptors (Lipinski definition) is 4. The summed E-state index contributed by atoms with van der Waals surface area (Å²) in [5, 5.41) is 8.92. The first-order chi connectivity index (χ1) is 9.60. The van der Waals surface area contributed by atoms with Gasteiger partial charge >= 0.3 is 5.97 Å². The van der Waals surface area contributed by atoms with Gasteiger partial charge < -0.3 is 14.7 Å². The Balaban J connectivity index is 1.70. The van der Waals surface area contributed by atoms with Crippen LogP contribution in [0.2, 0.25) is 0 Å². The van der Waals surface area contributed by atoms with Crippen LogP contribution in [-0.2, 0) is 4.74 Å². The first-order valence-corrected chi connectivity index (χ1v) is 7.61. The van der Waals surface area contributed by atoms with Crippen LogP contribution in [-0.4, -0.2) is 48.2 Å². The average molecular weight is 295 g/mol. The Bertz CT molecular complexity index is 533. The molecule has 0 aromatic carbocycles. The molecule has 5 nitrogen and oxygen atoms in total. The predicted octanol–water partition coefficient (Wildman–Crippen LogP) is 2.09. The van der Waals surface area contributed by atoms with Crippen LogP contribution in [0.15, 0.2) is 12.1 Å². The minimum atomic E-state index is -0.976. The molecule has 0 atom stereocenters. The zero-order valence-electron chi connectivity index (χ0n) is 11.1. The van der Waals surface area contributed by atoms with E-state index in [2.05, 4.69) is 0 Å². The minimum Gasteiger partial charge on any atom is -0.477 e. The number of likely N-dealkylation sites (tertiary alicyclic amines) is 1. The molecule has 0 bridgehead atoms. The smallest absolute Gasteiger partial charge is 0.345 e. The summed E-state index contributed by atoms with van der Waals surface area (Å²) < 4.78 is 5.40. The van der Waals surface area contributed by atoms with Gasteiger partial charge in [0.25, 0.3) is 5.91 Å². The molecule has 2 aliphatic heterocycles. The van der Waals surface area contributed by atoms with Crippen molar-refractivity contribution in [2.24, 2.45) is 5.41 Å². The number of amides is 1. The molecule has 0 saturated carbocycles. The van der Waals surface area contributed by atoms with Crippen LogP contribution in [0.1, 0.15) is 38.6 Å². The van der Waals surface area contributed by atoms with Gasteiger partial charge in [-0.05, 0) is 36.8 Å². The van der Waals surface area contributed by atoms with Crippen LogP contribution in [0.25, 0.3) is 0 Å². The Kier molecular flexibility index (Phi) is 3.52. The number of carboxylic acid groups (broad SMARTS) is 1. The summed E-state index contributed by atoms with van der Waals surface area (Å²) in [5.41, 5.74) is 0.223. The second-order valence-corrected chi connectivity index (χ2v) is 6.64. The first kappa shape index (κ1) is 13.6. The van der Waals surface area contributed by atoms with Gasteiger partial charge in [-0.1, -0.05) is 0 Å². The van der Waals surface area contributed by atoms with Crippen molar-refractivity contribution in [3.63, 3.8) is 0 Å². The lowest BCUT2D eigenvalue weighted by Crippen LogP contribution is -2.35. The number of ether oxygens (including phenoxy) is 1. The van der Waals surface area contributed by atoms with E-state index in [0.717, 1.165) is 56.9 Å². The third kappa shape index (κ3) is 2.45. The highest BCUT2D eigenvalue weighted by atomic mass is 32.1. The van der Waals surface area contributed by atoms with E-state index in [1.54, 1.807) is 6.07 Å². The second kappa shape index (κ2) is 5.18. The summed E-state index contributed by atoms with van der Waals surface area (Å²) in [6.07, 6.45) is 3.06. The maximum absolute atomic E-state index is 12.4.